The van der Waals surface area contributed by atoms with Gasteiger partial charge in [0.05, 0.1) is 39.2 Å². The molecule has 3 N–H and O–H groups in total. The van der Waals surface area contributed by atoms with Crippen LogP contribution in [0, 0.1) is 22.2 Å². The molecule has 2 aliphatic rings. The van der Waals surface area contributed by atoms with Crippen molar-refractivity contribution >= 4 is 45.7 Å². The molecule has 1 aliphatic heterocycles. The zero-order valence-corrected chi connectivity index (χ0v) is 34.0. The van der Waals surface area contributed by atoms with Gasteiger partial charge in [-0.2, -0.15) is 15.5 Å². The summed E-state index contributed by atoms with van der Waals surface area (Å²) in [6.45, 7) is 10.2. The first-order valence-electron chi connectivity index (χ1n) is 18.9. The van der Waals surface area contributed by atoms with Crippen molar-refractivity contribution in [3.63, 3.8) is 0 Å². The number of nitriles is 1. The van der Waals surface area contributed by atoms with E-state index in [1.165, 1.54) is 12.4 Å². The lowest BCUT2D eigenvalue weighted by Gasteiger charge is -2.63. The maximum atomic E-state index is 13.5. The molecule has 2 amide bonds. The van der Waals surface area contributed by atoms with E-state index in [0.717, 1.165) is 39.0 Å². The normalized spacial score (nSPS) is 19.2. The fourth-order valence-electron chi connectivity index (χ4n) is 8.65. The minimum Gasteiger partial charge on any atom is -0.489 e. The first-order chi connectivity index (χ1) is 27.6. The molecule has 8 rings (SSSR count). The van der Waals surface area contributed by atoms with Gasteiger partial charge in [0.1, 0.15) is 36.0 Å². The molecule has 0 saturated heterocycles. The number of carbonyl (C=O) groups excluding carboxylic acids is 2. The number of anilines is 2. The lowest BCUT2D eigenvalue weighted by molar-refractivity contribution is -0.164. The van der Waals surface area contributed by atoms with Crippen LogP contribution in [0.5, 0.6) is 11.5 Å². The SMILES string of the molecule is CC1CC(=O)Nc2cc(OCc3ncc(C(=O)NC4C(C)(C)C(Oc5ccc(C#N)c(Cl)c5)C4(C)C)cn3)cc(-c3ccc4c(c3)c(-c3cnn(C)c3)nn4C)c2N1. The minimum atomic E-state index is -0.431. The molecule has 1 atom stereocenters. The maximum absolute atomic E-state index is 13.5. The Kier molecular flexibility index (Phi) is 9.59. The van der Waals surface area contributed by atoms with Crippen LogP contribution < -0.4 is 25.4 Å². The molecule has 3 aromatic carbocycles. The van der Waals surface area contributed by atoms with E-state index in [-0.39, 0.29) is 36.6 Å². The number of aromatic nitrogens is 6. The number of amides is 2. The Hall–Kier alpha value is -6.46. The molecule has 0 spiro atoms. The molecule has 1 saturated carbocycles. The van der Waals surface area contributed by atoms with Crippen molar-refractivity contribution in [3.05, 3.63) is 95.3 Å². The van der Waals surface area contributed by atoms with Crippen molar-refractivity contribution in [2.75, 3.05) is 10.6 Å². The number of aryl methyl sites for hydroxylation is 2. The van der Waals surface area contributed by atoms with Crippen LogP contribution >= 0.6 is 11.6 Å². The van der Waals surface area contributed by atoms with Gasteiger partial charge in [-0.25, -0.2) is 9.97 Å². The highest BCUT2D eigenvalue weighted by Crippen LogP contribution is 2.55. The van der Waals surface area contributed by atoms with Crippen LogP contribution in [0.2, 0.25) is 5.02 Å². The van der Waals surface area contributed by atoms with Gasteiger partial charge in [-0.3, -0.25) is 19.0 Å². The van der Waals surface area contributed by atoms with E-state index in [4.69, 9.17) is 26.2 Å². The average Bonchev–Trinajstić information content (AvgIpc) is 3.72. The minimum absolute atomic E-state index is 0.0196. The van der Waals surface area contributed by atoms with E-state index in [2.05, 4.69) is 43.2 Å². The summed E-state index contributed by atoms with van der Waals surface area (Å²) in [5.74, 6) is 1.03. The van der Waals surface area contributed by atoms with Gasteiger partial charge in [-0.05, 0) is 42.8 Å². The summed E-state index contributed by atoms with van der Waals surface area (Å²) in [5, 5.41) is 29.4. The lowest BCUT2D eigenvalue weighted by atomic mass is 9.49. The van der Waals surface area contributed by atoms with E-state index in [1.807, 2.05) is 77.8 Å². The summed E-state index contributed by atoms with van der Waals surface area (Å²) >= 11 is 6.25. The summed E-state index contributed by atoms with van der Waals surface area (Å²) < 4.78 is 16.2. The summed E-state index contributed by atoms with van der Waals surface area (Å²) in [4.78, 5) is 35.3. The Balaban J connectivity index is 0.996. The molecule has 0 bridgehead atoms. The van der Waals surface area contributed by atoms with E-state index in [1.54, 1.807) is 35.1 Å². The molecule has 0 radical (unpaired) electrons. The number of benzene rings is 3. The van der Waals surface area contributed by atoms with Crippen molar-refractivity contribution in [3.8, 4) is 40.0 Å². The van der Waals surface area contributed by atoms with Gasteiger partial charge in [-0.15, -0.1) is 0 Å². The Morgan fingerprint density at radius 1 is 1.02 bits per heavy atom. The molecule has 4 heterocycles. The highest BCUT2D eigenvalue weighted by molar-refractivity contribution is 6.31. The summed E-state index contributed by atoms with van der Waals surface area (Å²) in [5.41, 5.74) is 5.65. The lowest BCUT2D eigenvalue weighted by Crippen LogP contribution is -2.74. The first kappa shape index (κ1) is 38.4. The third-order valence-corrected chi connectivity index (χ3v) is 11.5. The largest absolute Gasteiger partial charge is 0.489 e. The van der Waals surface area contributed by atoms with Crippen molar-refractivity contribution in [1.29, 1.82) is 5.26 Å². The molecule has 6 aromatic rings. The average molecular weight is 799 g/mol. The molecule has 1 unspecified atom stereocenters. The third kappa shape index (κ3) is 6.96. The van der Waals surface area contributed by atoms with Crippen LogP contribution in [-0.2, 0) is 25.5 Å². The number of nitrogens with one attached hydrogen (secondary N) is 3. The van der Waals surface area contributed by atoms with Gasteiger partial charge in [-0.1, -0.05) is 45.4 Å². The predicted molar refractivity (Wildman–Crippen MR) is 220 cm³/mol. The fourth-order valence-corrected chi connectivity index (χ4v) is 8.86. The van der Waals surface area contributed by atoms with E-state index in [0.29, 0.717) is 45.6 Å². The van der Waals surface area contributed by atoms with Crippen LogP contribution in [-0.4, -0.2) is 59.5 Å². The molecular formula is C43H43ClN10O4. The highest BCUT2D eigenvalue weighted by Gasteiger charge is 2.64. The topological polar surface area (TPSA) is 174 Å². The number of rotatable bonds is 9. The molecule has 1 fully saturated rings. The quantitative estimate of drug-likeness (QED) is 0.135. The second-order valence-electron chi connectivity index (χ2n) is 16.3. The highest BCUT2D eigenvalue weighted by atomic mass is 35.5. The molecule has 15 heteroatoms. The molecule has 14 nitrogen and oxygen atoms in total. The van der Waals surface area contributed by atoms with Gasteiger partial charge in [0.25, 0.3) is 5.91 Å². The second kappa shape index (κ2) is 14.5. The number of fused-ring (bicyclic) bond motifs is 2. The van der Waals surface area contributed by atoms with Crippen molar-refractivity contribution in [2.45, 2.75) is 65.8 Å². The molecule has 296 valence electrons. The van der Waals surface area contributed by atoms with Crippen LogP contribution in [0.25, 0.3) is 33.3 Å². The smallest absolute Gasteiger partial charge is 0.254 e. The monoisotopic (exact) mass is 798 g/mol. The molecular weight excluding hydrogens is 756 g/mol. The zero-order chi connectivity index (χ0) is 41.1. The molecule has 58 heavy (non-hydrogen) atoms. The van der Waals surface area contributed by atoms with Crippen LogP contribution in [0.4, 0.5) is 11.4 Å². The van der Waals surface area contributed by atoms with Crippen LogP contribution in [0.3, 0.4) is 0 Å². The Morgan fingerprint density at radius 2 is 1.78 bits per heavy atom. The Bertz CT molecular complexity index is 2630. The second-order valence-corrected chi connectivity index (χ2v) is 16.7. The summed E-state index contributed by atoms with van der Waals surface area (Å²) in [7, 11) is 3.79. The number of hydrogen-bond acceptors (Lipinski definition) is 10. The van der Waals surface area contributed by atoms with Crippen LogP contribution in [0.15, 0.2) is 73.3 Å². The summed E-state index contributed by atoms with van der Waals surface area (Å²) in [6.07, 6.45) is 6.78. The van der Waals surface area contributed by atoms with Gasteiger partial charge >= 0.3 is 0 Å². The van der Waals surface area contributed by atoms with Crippen molar-refractivity contribution in [2.24, 2.45) is 24.9 Å². The van der Waals surface area contributed by atoms with Crippen molar-refractivity contribution in [1.82, 2.24) is 34.8 Å². The fraction of sp³-hybridized carbons (Fsp3) is 0.326. The van der Waals surface area contributed by atoms with Gasteiger partial charge in [0.2, 0.25) is 5.91 Å². The third-order valence-electron chi connectivity index (χ3n) is 11.2. The van der Waals surface area contributed by atoms with Crippen molar-refractivity contribution < 1.29 is 19.1 Å². The van der Waals surface area contributed by atoms with Crippen LogP contribution in [0.1, 0.15) is 62.8 Å². The number of nitrogens with zero attached hydrogens (tertiary/aromatic N) is 7. The van der Waals surface area contributed by atoms with Gasteiger partial charge < -0.3 is 25.4 Å². The Labute approximate surface area is 340 Å². The standard InChI is InChI=1S/C43H43ClN10O4/c1-23-12-36(55)50-33-16-29(14-30(38(33)49-23)24-9-11-34-31(13-24)37(52-54(34)7)27-20-48-53(6)21-27)57-22-35-46-18-26(19-47-35)39(56)51-40-42(2,3)41(43(40,4)5)58-28-10-8-25(17-45)32(44)15-28/h8-11,13-16,18-21,23,40-41,49H,12,22H2,1-7H3,(H,50,55)(H,51,56). The number of hydrogen-bond donors (Lipinski definition) is 3. The molecule has 3 aromatic heterocycles. The summed E-state index contributed by atoms with van der Waals surface area (Å²) in [6, 6.07) is 16.6. The van der Waals surface area contributed by atoms with Gasteiger partial charge in [0, 0.05) is 90.7 Å². The van der Waals surface area contributed by atoms with E-state index in [9.17, 15) is 14.9 Å². The maximum Gasteiger partial charge on any atom is 0.254 e. The van der Waals surface area contributed by atoms with Gasteiger partial charge in [0.15, 0.2) is 5.82 Å². The first-order valence-corrected chi connectivity index (χ1v) is 19.3. The number of halogens is 1. The number of carbonyl (C=O) groups is 2. The zero-order valence-electron chi connectivity index (χ0n) is 33.2. The Morgan fingerprint density at radius 3 is 2.47 bits per heavy atom. The van der Waals surface area contributed by atoms with E-state index >= 15 is 0 Å². The predicted octanol–water partition coefficient (Wildman–Crippen LogP) is 7.29. The van der Waals surface area contributed by atoms with E-state index < -0.39 is 10.8 Å². The number of ether oxygens (including phenoxy) is 2. The molecule has 1 aliphatic carbocycles.